The number of nitrogens with zero attached hydrogens (tertiary/aromatic N) is 2. The Morgan fingerprint density at radius 1 is 0.789 bits per heavy atom. The summed E-state index contributed by atoms with van der Waals surface area (Å²) in [6.45, 7) is 5.32. The van der Waals surface area contributed by atoms with Crippen LogP contribution < -0.4 is 5.32 Å². The summed E-state index contributed by atoms with van der Waals surface area (Å²) in [7, 11) is 2.17. The maximum absolute atomic E-state index is 3.61. The number of hydrogen-bond donors (Lipinski definition) is 1. The molecule has 3 heteroatoms. The van der Waals surface area contributed by atoms with Gasteiger partial charge in [-0.2, -0.15) is 0 Å². The molecule has 110 valence electrons. The van der Waals surface area contributed by atoms with Crippen LogP contribution in [-0.2, 0) is 0 Å². The summed E-state index contributed by atoms with van der Waals surface area (Å²) in [5, 5.41) is 3.61. The Morgan fingerprint density at radius 2 is 1.58 bits per heavy atom. The smallest absolute Gasteiger partial charge is 0.0250 e. The second-order valence-corrected chi connectivity index (χ2v) is 6.78. The van der Waals surface area contributed by atoms with Gasteiger partial charge in [-0.25, -0.2) is 0 Å². The minimum atomic E-state index is 0.734. The first kappa shape index (κ1) is 13.8. The predicted octanol–water partition coefficient (Wildman–Crippen LogP) is 2.08. The molecule has 0 aromatic rings. The lowest BCUT2D eigenvalue weighted by Gasteiger charge is -2.48. The Morgan fingerprint density at radius 3 is 2.47 bits per heavy atom. The van der Waals surface area contributed by atoms with Crippen LogP contribution in [0.15, 0.2) is 0 Å². The largest absolute Gasteiger partial charge is 0.315 e. The lowest BCUT2D eigenvalue weighted by molar-refractivity contribution is 0.0168. The zero-order valence-corrected chi connectivity index (χ0v) is 12.6. The van der Waals surface area contributed by atoms with E-state index in [1.54, 1.807) is 0 Å². The third kappa shape index (κ3) is 3.14. The Labute approximate surface area is 118 Å². The molecule has 1 aliphatic carbocycles. The van der Waals surface area contributed by atoms with Gasteiger partial charge in [-0.15, -0.1) is 0 Å². The summed E-state index contributed by atoms with van der Waals surface area (Å²) < 4.78 is 0. The van der Waals surface area contributed by atoms with Crippen LogP contribution >= 0.6 is 0 Å². The van der Waals surface area contributed by atoms with Crippen LogP contribution in [-0.4, -0.2) is 61.2 Å². The van der Waals surface area contributed by atoms with Gasteiger partial charge in [-0.05, 0) is 39.3 Å². The molecule has 1 saturated carbocycles. The van der Waals surface area contributed by atoms with Crippen molar-refractivity contribution in [2.24, 2.45) is 0 Å². The second kappa shape index (κ2) is 6.55. The van der Waals surface area contributed by atoms with E-state index in [-0.39, 0.29) is 0 Å². The highest BCUT2D eigenvalue weighted by molar-refractivity contribution is 4.92. The summed E-state index contributed by atoms with van der Waals surface area (Å²) >= 11 is 0. The molecule has 3 fully saturated rings. The molecule has 3 nitrogen and oxygen atoms in total. The average molecular weight is 265 g/mol. The van der Waals surface area contributed by atoms with E-state index in [2.05, 4.69) is 22.2 Å². The van der Waals surface area contributed by atoms with Crippen molar-refractivity contribution in [2.75, 3.05) is 33.2 Å². The maximum Gasteiger partial charge on any atom is 0.0250 e. The van der Waals surface area contributed by atoms with E-state index in [0.717, 1.165) is 18.1 Å². The number of piperazine rings is 1. The molecule has 19 heavy (non-hydrogen) atoms. The van der Waals surface area contributed by atoms with Crippen molar-refractivity contribution in [1.29, 1.82) is 0 Å². The molecule has 0 aromatic heterocycles. The van der Waals surface area contributed by atoms with E-state index >= 15 is 0 Å². The highest BCUT2D eigenvalue weighted by Gasteiger charge is 2.35. The van der Waals surface area contributed by atoms with Crippen LogP contribution in [0.4, 0.5) is 0 Å². The summed E-state index contributed by atoms with van der Waals surface area (Å²) in [5.74, 6) is 0. The number of rotatable bonds is 2. The minimum Gasteiger partial charge on any atom is -0.315 e. The molecular weight excluding hydrogens is 234 g/mol. The van der Waals surface area contributed by atoms with Gasteiger partial charge in [-0.3, -0.25) is 9.80 Å². The van der Waals surface area contributed by atoms with Gasteiger partial charge in [0.05, 0.1) is 0 Å². The summed E-state index contributed by atoms with van der Waals surface area (Å²) in [6, 6.07) is 2.40. The van der Waals surface area contributed by atoms with Crippen LogP contribution in [0, 0.1) is 0 Å². The molecule has 0 aromatic carbocycles. The maximum atomic E-state index is 3.61. The number of piperidine rings is 1. The van der Waals surface area contributed by atoms with E-state index < -0.39 is 0 Å². The highest BCUT2D eigenvalue weighted by atomic mass is 15.3. The standard InChI is InChI=1S/C16H31N3/c1-17-15-8-3-2-4-9-16(15)19-12-11-18-10-6-5-7-14(18)13-19/h14-17H,2-13H2,1H3. The molecule has 0 spiro atoms. The monoisotopic (exact) mass is 265 g/mol. The zero-order chi connectivity index (χ0) is 13.1. The van der Waals surface area contributed by atoms with Crippen LogP contribution in [0.1, 0.15) is 51.4 Å². The van der Waals surface area contributed by atoms with Crippen molar-refractivity contribution >= 4 is 0 Å². The summed E-state index contributed by atoms with van der Waals surface area (Å²) in [4.78, 5) is 5.59. The Hall–Kier alpha value is -0.120. The third-order valence-corrected chi connectivity index (χ3v) is 5.69. The van der Waals surface area contributed by atoms with E-state index in [1.165, 1.54) is 77.5 Å². The molecule has 3 rings (SSSR count). The molecule has 3 unspecified atom stereocenters. The fraction of sp³-hybridized carbons (Fsp3) is 1.00. The van der Waals surface area contributed by atoms with Gasteiger partial charge in [-0.1, -0.05) is 25.7 Å². The van der Waals surface area contributed by atoms with Crippen molar-refractivity contribution in [2.45, 2.75) is 69.5 Å². The minimum absolute atomic E-state index is 0.734. The van der Waals surface area contributed by atoms with Crippen LogP contribution in [0.3, 0.4) is 0 Å². The normalized spacial score (nSPS) is 38.7. The fourth-order valence-corrected chi connectivity index (χ4v) is 4.54. The molecule has 0 amide bonds. The first-order valence-corrected chi connectivity index (χ1v) is 8.54. The van der Waals surface area contributed by atoms with Crippen LogP contribution in [0.2, 0.25) is 0 Å². The molecule has 3 atom stereocenters. The third-order valence-electron chi connectivity index (χ3n) is 5.69. The molecule has 3 aliphatic rings. The Balaban J connectivity index is 1.63. The Kier molecular flexibility index (Phi) is 4.78. The van der Waals surface area contributed by atoms with Crippen molar-refractivity contribution in [3.05, 3.63) is 0 Å². The van der Waals surface area contributed by atoms with E-state index in [4.69, 9.17) is 0 Å². The van der Waals surface area contributed by atoms with Gasteiger partial charge >= 0.3 is 0 Å². The van der Waals surface area contributed by atoms with Crippen molar-refractivity contribution in [3.8, 4) is 0 Å². The van der Waals surface area contributed by atoms with E-state index in [0.29, 0.717) is 0 Å². The SMILES string of the molecule is CNC1CCCCCC1N1CCN2CCCCC2C1. The van der Waals surface area contributed by atoms with E-state index in [9.17, 15) is 0 Å². The molecule has 2 aliphatic heterocycles. The molecular formula is C16H31N3. The highest BCUT2D eigenvalue weighted by Crippen LogP contribution is 2.27. The lowest BCUT2D eigenvalue weighted by Crippen LogP contribution is -2.60. The lowest BCUT2D eigenvalue weighted by atomic mass is 9.95. The zero-order valence-electron chi connectivity index (χ0n) is 12.6. The summed E-state index contributed by atoms with van der Waals surface area (Å²) in [6.07, 6.45) is 11.4. The van der Waals surface area contributed by atoms with E-state index in [1.807, 2.05) is 0 Å². The van der Waals surface area contributed by atoms with Gasteiger partial charge in [0.15, 0.2) is 0 Å². The van der Waals surface area contributed by atoms with Gasteiger partial charge in [0.2, 0.25) is 0 Å². The number of nitrogens with one attached hydrogen (secondary N) is 1. The van der Waals surface area contributed by atoms with Crippen molar-refractivity contribution in [3.63, 3.8) is 0 Å². The number of hydrogen-bond acceptors (Lipinski definition) is 3. The first-order chi connectivity index (χ1) is 9.38. The number of fused-ring (bicyclic) bond motifs is 1. The average Bonchev–Trinajstić information content (AvgIpc) is 2.72. The van der Waals surface area contributed by atoms with Crippen molar-refractivity contribution < 1.29 is 0 Å². The van der Waals surface area contributed by atoms with Crippen molar-refractivity contribution in [1.82, 2.24) is 15.1 Å². The summed E-state index contributed by atoms with van der Waals surface area (Å²) in [5.41, 5.74) is 0. The second-order valence-electron chi connectivity index (χ2n) is 6.78. The molecule has 0 bridgehead atoms. The topological polar surface area (TPSA) is 18.5 Å². The van der Waals surface area contributed by atoms with Crippen LogP contribution in [0.25, 0.3) is 0 Å². The predicted molar refractivity (Wildman–Crippen MR) is 80.5 cm³/mol. The quantitative estimate of drug-likeness (QED) is 0.771. The van der Waals surface area contributed by atoms with Crippen LogP contribution in [0.5, 0.6) is 0 Å². The fourth-order valence-electron chi connectivity index (χ4n) is 4.54. The molecule has 0 radical (unpaired) electrons. The molecule has 2 heterocycles. The van der Waals surface area contributed by atoms with Gasteiger partial charge in [0.25, 0.3) is 0 Å². The number of likely N-dealkylation sites (N-methyl/N-ethyl adjacent to an activating group) is 1. The van der Waals surface area contributed by atoms with Gasteiger partial charge in [0, 0.05) is 37.8 Å². The van der Waals surface area contributed by atoms with Gasteiger partial charge < -0.3 is 5.32 Å². The molecule has 1 N–H and O–H groups in total. The molecule has 2 saturated heterocycles. The van der Waals surface area contributed by atoms with Gasteiger partial charge in [0.1, 0.15) is 0 Å². The first-order valence-electron chi connectivity index (χ1n) is 8.54. The Bertz CT molecular complexity index is 281.